The van der Waals surface area contributed by atoms with Crippen molar-refractivity contribution in [1.82, 2.24) is 4.98 Å². The van der Waals surface area contributed by atoms with Crippen molar-refractivity contribution >= 4 is 33.1 Å². The molecule has 0 saturated heterocycles. The van der Waals surface area contributed by atoms with E-state index < -0.39 is 0 Å². The molecule has 5 nitrogen and oxygen atoms in total. The quantitative estimate of drug-likeness (QED) is 0.563. The molecule has 0 unspecified atom stereocenters. The second-order valence-corrected chi connectivity index (χ2v) is 6.67. The Bertz CT molecular complexity index is 1090. The second kappa shape index (κ2) is 6.82. The smallest absolute Gasteiger partial charge is 0.291 e. The predicted octanol–water partition coefficient (Wildman–Crippen LogP) is 4.87. The maximum absolute atomic E-state index is 12.4. The number of anilines is 1. The standard InChI is InChI=1S/C20H13N3O2S/c21-12-11-13-5-7-14(8-6-13)22-19(24)16-9-10-17(25-16)20-23-15-3-1-2-4-18(15)26-20/h1-10H,11H2,(H,22,24). The van der Waals surface area contributed by atoms with Gasteiger partial charge in [-0.15, -0.1) is 11.3 Å². The highest BCUT2D eigenvalue weighted by Gasteiger charge is 2.15. The minimum atomic E-state index is -0.328. The van der Waals surface area contributed by atoms with Gasteiger partial charge in [0.05, 0.1) is 22.7 Å². The molecule has 26 heavy (non-hydrogen) atoms. The molecule has 0 saturated carbocycles. The Morgan fingerprint density at radius 1 is 1.12 bits per heavy atom. The molecule has 0 radical (unpaired) electrons. The van der Waals surface area contributed by atoms with Crippen LogP contribution in [0, 0.1) is 11.3 Å². The molecule has 0 aliphatic rings. The van der Waals surface area contributed by atoms with Gasteiger partial charge >= 0.3 is 0 Å². The highest BCUT2D eigenvalue weighted by atomic mass is 32.1. The summed E-state index contributed by atoms with van der Waals surface area (Å²) in [6.45, 7) is 0. The average molecular weight is 359 g/mol. The van der Waals surface area contributed by atoms with Gasteiger partial charge in [-0.1, -0.05) is 24.3 Å². The molecule has 0 spiro atoms. The van der Waals surface area contributed by atoms with Crippen LogP contribution in [0.3, 0.4) is 0 Å². The van der Waals surface area contributed by atoms with E-state index in [0.717, 1.165) is 20.8 Å². The summed E-state index contributed by atoms with van der Waals surface area (Å²) in [6, 6.07) is 20.5. The number of carbonyl (C=O) groups excluding carboxylic acids is 1. The Kier molecular flexibility index (Phi) is 4.22. The van der Waals surface area contributed by atoms with Crippen LogP contribution in [0.5, 0.6) is 0 Å². The van der Waals surface area contributed by atoms with E-state index in [4.69, 9.17) is 9.68 Å². The zero-order valence-corrected chi connectivity index (χ0v) is 14.4. The van der Waals surface area contributed by atoms with E-state index in [9.17, 15) is 4.79 Å². The largest absolute Gasteiger partial charge is 0.448 e. The fourth-order valence-corrected chi connectivity index (χ4v) is 3.47. The van der Waals surface area contributed by atoms with Crippen LogP contribution in [0.1, 0.15) is 16.1 Å². The molecule has 6 heteroatoms. The topological polar surface area (TPSA) is 78.9 Å². The van der Waals surface area contributed by atoms with Crippen molar-refractivity contribution in [1.29, 1.82) is 5.26 Å². The molecule has 1 N–H and O–H groups in total. The van der Waals surface area contributed by atoms with Crippen molar-refractivity contribution in [3.8, 4) is 16.8 Å². The number of para-hydroxylation sites is 1. The molecule has 0 aliphatic heterocycles. The van der Waals surface area contributed by atoms with E-state index in [0.29, 0.717) is 17.9 Å². The SMILES string of the molecule is N#CCc1ccc(NC(=O)c2ccc(-c3nc4ccccc4s3)o2)cc1. The van der Waals surface area contributed by atoms with Crippen LogP contribution in [-0.4, -0.2) is 10.9 Å². The minimum absolute atomic E-state index is 0.223. The number of hydrogen-bond donors (Lipinski definition) is 1. The molecular formula is C20H13N3O2S. The van der Waals surface area contributed by atoms with E-state index in [1.807, 2.05) is 36.4 Å². The van der Waals surface area contributed by atoms with Crippen molar-refractivity contribution in [2.75, 3.05) is 5.32 Å². The number of carbonyl (C=O) groups is 1. The van der Waals surface area contributed by atoms with Crippen molar-refractivity contribution in [2.45, 2.75) is 6.42 Å². The van der Waals surface area contributed by atoms with Crippen molar-refractivity contribution < 1.29 is 9.21 Å². The lowest BCUT2D eigenvalue weighted by atomic mass is 10.1. The molecule has 0 fully saturated rings. The van der Waals surface area contributed by atoms with E-state index in [1.54, 1.807) is 24.3 Å². The maximum Gasteiger partial charge on any atom is 0.291 e. The molecule has 1 amide bonds. The Balaban J connectivity index is 1.51. The summed E-state index contributed by atoms with van der Waals surface area (Å²) in [7, 11) is 0. The number of nitriles is 1. The number of rotatable bonds is 4. The molecule has 2 heterocycles. The highest BCUT2D eigenvalue weighted by Crippen LogP contribution is 2.31. The van der Waals surface area contributed by atoms with E-state index in [1.165, 1.54) is 11.3 Å². The Morgan fingerprint density at radius 2 is 1.92 bits per heavy atom. The van der Waals surface area contributed by atoms with Crippen LogP contribution in [0.25, 0.3) is 21.0 Å². The molecule has 2 aromatic carbocycles. The number of thiazole rings is 1. The summed E-state index contributed by atoms with van der Waals surface area (Å²) in [6.07, 6.45) is 0.345. The van der Waals surface area contributed by atoms with Crippen molar-refractivity contribution in [3.05, 3.63) is 72.0 Å². The van der Waals surface area contributed by atoms with Crippen LogP contribution in [0.2, 0.25) is 0 Å². The summed E-state index contributed by atoms with van der Waals surface area (Å²) in [4.78, 5) is 16.9. The zero-order chi connectivity index (χ0) is 17.9. The third kappa shape index (κ3) is 3.21. The Labute approximate surface area is 153 Å². The van der Waals surface area contributed by atoms with Crippen LogP contribution in [-0.2, 0) is 6.42 Å². The number of nitrogens with one attached hydrogen (secondary N) is 1. The van der Waals surface area contributed by atoms with Gasteiger partial charge in [0, 0.05) is 5.69 Å². The van der Waals surface area contributed by atoms with Gasteiger partial charge in [-0.05, 0) is 42.0 Å². The molecule has 0 aliphatic carbocycles. The molecule has 126 valence electrons. The monoisotopic (exact) mass is 359 g/mol. The first-order chi connectivity index (χ1) is 12.7. The number of hydrogen-bond acceptors (Lipinski definition) is 5. The van der Waals surface area contributed by atoms with Crippen molar-refractivity contribution in [3.63, 3.8) is 0 Å². The van der Waals surface area contributed by atoms with Crippen LogP contribution in [0.15, 0.2) is 65.1 Å². The first-order valence-electron chi connectivity index (χ1n) is 7.96. The predicted molar refractivity (Wildman–Crippen MR) is 101 cm³/mol. The fraction of sp³-hybridized carbons (Fsp3) is 0.0500. The summed E-state index contributed by atoms with van der Waals surface area (Å²) in [5.41, 5.74) is 2.46. The van der Waals surface area contributed by atoms with Gasteiger partial charge in [-0.25, -0.2) is 4.98 Å². The fourth-order valence-electron chi connectivity index (χ4n) is 2.54. The molecule has 0 atom stereocenters. The molecule has 0 bridgehead atoms. The second-order valence-electron chi connectivity index (χ2n) is 5.64. The third-order valence-electron chi connectivity index (χ3n) is 3.83. The number of nitrogens with zero attached hydrogens (tertiary/aromatic N) is 2. The lowest BCUT2D eigenvalue weighted by molar-refractivity contribution is 0.0997. The van der Waals surface area contributed by atoms with E-state index in [2.05, 4.69) is 16.4 Å². The van der Waals surface area contributed by atoms with Crippen LogP contribution >= 0.6 is 11.3 Å². The average Bonchev–Trinajstić information content (AvgIpc) is 3.30. The zero-order valence-electron chi connectivity index (χ0n) is 13.6. The van der Waals surface area contributed by atoms with Gasteiger partial charge in [0.25, 0.3) is 5.91 Å². The number of aromatic nitrogens is 1. The Hall–Kier alpha value is -3.43. The lowest BCUT2D eigenvalue weighted by Crippen LogP contribution is -2.10. The summed E-state index contributed by atoms with van der Waals surface area (Å²) in [5, 5.41) is 12.2. The van der Waals surface area contributed by atoms with Crippen molar-refractivity contribution in [2.24, 2.45) is 0 Å². The number of amides is 1. The summed E-state index contributed by atoms with van der Waals surface area (Å²) in [5.74, 6) is 0.464. The Morgan fingerprint density at radius 3 is 2.69 bits per heavy atom. The van der Waals surface area contributed by atoms with Gasteiger partial charge in [0.1, 0.15) is 0 Å². The molecule has 4 aromatic rings. The number of fused-ring (bicyclic) bond motifs is 1. The van der Waals surface area contributed by atoms with E-state index >= 15 is 0 Å². The van der Waals surface area contributed by atoms with Gasteiger partial charge in [-0.3, -0.25) is 4.79 Å². The van der Waals surface area contributed by atoms with Gasteiger partial charge in [0.15, 0.2) is 16.5 Å². The first-order valence-corrected chi connectivity index (χ1v) is 8.77. The van der Waals surface area contributed by atoms with Gasteiger partial charge in [-0.2, -0.15) is 5.26 Å². The third-order valence-corrected chi connectivity index (χ3v) is 4.88. The van der Waals surface area contributed by atoms with Crippen LogP contribution < -0.4 is 5.32 Å². The normalized spacial score (nSPS) is 10.6. The molecule has 4 rings (SSSR count). The number of furan rings is 1. The lowest BCUT2D eigenvalue weighted by Gasteiger charge is -2.03. The minimum Gasteiger partial charge on any atom is -0.448 e. The van der Waals surface area contributed by atoms with Gasteiger partial charge < -0.3 is 9.73 Å². The van der Waals surface area contributed by atoms with Crippen LogP contribution in [0.4, 0.5) is 5.69 Å². The first kappa shape index (κ1) is 16.1. The summed E-state index contributed by atoms with van der Waals surface area (Å²) < 4.78 is 6.76. The summed E-state index contributed by atoms with van der Waals surface area (Å²) >= 11 is 1.52. The molecule has 2 aromatic heterocycles. The molecular weight excluding hydrogens is 346 g/mol. The number of benzene rings is 2. The van der Waals surface area contributed by atoms with E-state index in [-0.39, 0.29) is 11.7 Å². The highest BCUT2D eigenvalue weighted by molar-refractivity contribution is 7.21. The maximum atomic E-state index is 12.4. The van der Waals surface area contributed by atoms with Gasteiger partial charge in [0.2, 0.25) is 0 Å².